The topological polar surface area (TPSA) is 31.5 Å². The molecule has 0 saturated carbocycles. The van der Waals surface area contributed by atoms with Crippen molar-refractivity contribution in [3.8, 4) is 5.75 Å². The van der Waals surface area contributed by atoms with E-state index in [-0.39, 0.29) is 11.0 Å². The number of H-pyrrole nitrogens is 1. The molecule has 0 unspecified atom stereocenters. The maximum atomic E-state index is 6.64. The summed E-state index contributed by atoms with van der Waals surface area (Å²) in [5, 5.41) is 2.60. The van der Waals surface area contributed by atoms with E-state index in [0.29, 0.717) is 0 Å². The Morgan fingerprint density at radius 3 is 2.24 bits per heavy atom. The van der Waals surface area contributed by atoms with Gasteiger partial charge in [0.25, 0.3) is 0 Å². The smallest absolute Gasteiger partial charge is 0.134 e. The molecule has 0 bridgehead atoms. The van der Waals surface area contributed by atoms with Gasteiger partial charge in [-0.2, -0.15) is 0 Å². The Morgan fingerprint density at radius 1 is 0.868 bits per heavy atom. The van der Waals surface area contributed by atoms with E-state index in [1.807, 2.05) is 0 Å². The first-order chi connectivity index (χ1) is 18.1. The Balaban J connectivity index is 1.32. The van der Waals surface area contributed by atoms with Crippen molar-refractivity contribution >= 4 is 27.9 Å². The van der Waals surface area contributed by atoms with Gasteiger partial charge in [-0.25, -0.2) is 0 Å². The normalized spacial score (nSPS) is 18.2. The van der Waals surface area contributed by atoms with Gasteiger partial charge in [0.2, 0.25) is 0 Å². The molecule has 4 aromatic rings. The number of hydrogen-bond donors (Lipinski definition) is 1. The van der Waals surface area contributed by atoms with Crippen LogP contribution in [0.2, 0.25) is 0 Å². The van der Waals surface area contributed by atoms with E-state index in [4.69, 9.17) is 4.74 Å². The average Bonchev–Trinajstić information content (AvgIpc) is 3.23. The number of nitrogens with one attached hydrogen (secondary N) is 1. The largest absolute Gasteiger partial charge is 0.483 e. The van der Waals surface area contributed by atoms with Gasteiger partial charge >= 0.3 is 0 Å². The zero-order valence-electron chi connectivity index (χ0n) is 23.8. The number of piperazine rings is 1. The molecular weight excluding hydrogens is 466 g/mol. The van der Waals surface area contributed by atoms with Crippen LogP contribution >= 0.6 is 0 Å². The zero-order chi connectivity index (χ0) is 26.7. The molecule has 3 aromatic carbocycles. The summed E-state index contributed by atoms with van der Waals surface area (Å²) in [5.74, 6) is 1.04. The lowest BCUT2D eigenvalue weighted by Crippen LogP contribution is -2.45. The van der Waals surface area contributed by atoms with Gasteiger partial charge in [-0.15, -0.1) is 0 Å². The highest BCUT2D eigenvalue weighted by Gasteiger charge is 2.28. The van der Waals surface area contributed by atoms with Crippen molar-refractivity contribution in [1.29, 1.82) is 0 Å². The third kappa shape index (κ3) is 4.76. The van der Waals surface area contributed by atoms with Gasteiger partial charge in [-0.05, 0) is 73.2 Å². The van der Waals surface area contributed by atoms with E-state index in [1.165, 1.54) is 49.6 Å². The molecule has 0 radical (unpaired) electrons. The molecule has 3 heterocycles. The second-order valence-electron chi connectivity index (χ2n) is 12.9. The lowest BCUT2D eigenvalue weighted by molar-refractivity contribution is 0.117. The number of rotatable bonds is 4. The van der Waals surface area contributed by atoms with Crippen LogP contribution in [0.3, 0.4) is 0 Å². The number of fused-ring (bicyclic) bond motifs is 5. The molecule has 1 saturated heterocycles. The third-order valence-electron chi connectivity index (χ3n) is 8.36. The molecule has 1 fully saturated rings. The van der Waals surface area contributed by atoms with E-state index in [2.05, 4.69) is 117 Å². The van der Waals surface area contributed by atoms with Crippen LogP contribution in [0.25, 0.3) is 27.9 Å². The summed E-state index contributed by atoms with van der Waals surface area (Å²) in [6.45, 7) is 19.6. The fourth-order valence-corrected chi connectivity index (χ4v) is 5.92. The third-order valence-corrected chi connectivity index (χ3v) is 8.36. The molecule has 2 aliphatic rings. The molecule has 0 amide bonds. The molecule has 1 N–H and O–H groups in total. The van der Waals surface area contributed by atoms with Crippen molar-refractivity contribution in [3.05, 3.63) is 82.4 Å². The summed E-state index contributed by atoms with van der Waals surface area (Å²) in [6, 6.07) is 18.1. The van der Waals surface area contributed by atoms with E-state index in [1.54, 1.807) is 0 Å². The van der Waals surface area contributed by atoms with Crippen LogP contribution in [0.15, 0.2) is 54.6 Å². The number of nitrogens with zero attached hydrogens (tertiary/aromatic N) is 2. The lowest BCUT2D eigenvalue weighted by Gasteiger charge is -2.36. The summed E-state index contributed by atoms with van der Waals surface area (Å²) < 4.78 is 6.64. The number of aromatic amines is 1. The molecular formula is C34H41N3O. The molecule has 38 heavy (non-hydrogen) atoms. The van der Waals surface area contributed by atoms with Gasteiger partial charge in [-0.1, -0.05) is 51.1 Å². The molecule has 0 atom stereocenters. The van der Waals surface area contributed by atoms with Crippen LogP contribution in [0, 0.1) is 6.92 Å². The van der Waals surface area contributed by atoms with Gasteiger partial charge in [-0.3, -0.25) is 9.80 Å². The molecule has 1 aromatic heterocycles. The van der Waals surface area contributed by atoms with Crippen molar-refractivity contribution in [1.82, 2.24) is 14.8 Å². The Labute approximate surface area is 227 Å². The van der Waals surface area contributed by atoms with Crippen LogP contribution in [0.4, 0.5) is 0 Å². The molecule has 198 valence electrons. The summed E-state index contributed by atoms with van der Waals surface area (Å²) in [7, 11) is 0. The highest BCUT2D eigenvalue weighted by Crippen LogP contribution is 2.42. The fourth-order valence-electron chi connectivity index (χ4n) is 5.92. The van der Waals surface area contributed by atoms with E-state index >= 15 is 0 Å². The molecule has 0 aliphatic carbocycles. The average molecular weight is 508 g/mol. The van der Waals surface area contributed by atoms with Crippen LogP contribution < -0.4 is 4.74 Å². The predicted octanol–water partition coefficient (Wildman–Crippen LogP) is 7.43. The Hall–Kier alpha value is -3.08. The number of benzene rings is 3. The van der Waals surface area contributed by atoms with Gasteiger partial charge in [0.1, 0.15) is 11.4 Å². The minimum Gasteiger partial charge on any atom is -0.483 e. The van der Waals surface area contributed by atoms with E-state index in [0.717, 1.165) is 45.0 Å². The number of aryl methyl sites for hydroxylation is 1. The van der Waals surface area contributed by atoms with Crippen molar-refractivity contribution in [3.63, 3.8) is 0 Å². The van der Waals surface area contributed by atoms with Gasteiger partial charge in [0.05, 0.1) is 5.52 Å². The molecule has 4 nitrogen and oxygen atoms in total. The summed E-state index contributed by atoms with van der Waals surface area (Å²) in [6.07, 6.45) is 4.46. The fraction of sp³-hybridized carbons (Fsp3) is 0.412. The summed E-state index contributed by atoms with van der Waals surface area (Å²) in [4.78, 5) is 8.91. The molecule has 2 aliphatic heterocycles. The zero-order valence-corrected chi connectivity index (χ0v) is 23.8. The molecule has 0 spiro atoms. The SMILES string of the molecule is Cc1ccccc1CN1CCN(Cc2cc3c([nH]c4ccc(C(C)(C)C)cc43)c3c2OC(C)(C)C=C3)CC1. The van der Waals surface area contributed by atoms with Crippen LogP contribution in [-0.4, -0.2) is 46.6 Å². The van der Waals surface area contributed by atoms with Crippen LogP contribution in [0.1, 0.15) is 62.4 Å². The Morgan fingerprint density at radius 2 is 1.55 bits per heavy atom. The maximum Gasteiger partial charge on any atom is 0.134 e. The van der Waals surface area contributed by atoms with Gasteiger partial charge in [0, 0.05) is 66.7 Å². The van der Waals surface area contributed by atoms with Crippen LogP contribution in [0.5, 0.6) is 5.75 Å². The number of ether oxygens (including phenoxy) is 1. The number of aromatic nitrogens is 1. The second kappa shape index (κ2) is 9.29. The first kappa shape index (κ1) is 25.2. The highest BCUT2D eigenvalue weighted by molar-refractivity contribution is 6.11. The van der Waals surface area contributed by atoms with Gasteiger partial charge < -0.3 is 9.72 Å². The summed E-state index contributed by atoms with van der Waals surface area (Å²) >= 11 is 0. The van der Waals surface area contributed by atoms with E-state index < -0.39 is 0 Å². The van der Waals surface area contributed by atoms with Crippen molar-refractivity contribution in [2.75, 3.05) is 26.2 Å². The first-order valence-corrected chi connectivity index (χ1v) is 14.1. The summed E-state index contributed by atoms with van der Waals surface area (Å²) in [5.41, 5.74) is 8.83. The first-order valence-electron chi connectivity index (χ1n) is 14.1. The number of hydrogen-bond acceptors (Lipinski definition) is 3. The maximum absolute atomic E-state index is 6.64. The minimum absolute atomic E-state index is 0.111. The van der Waals surface area contributed by atoms with Crippen molar-refractivity contribution in [2.24, 2.45) is 0 Å². The second-order valence-corrected chi connectivity index (χ2v) is 12.9. The lowest BCUT2D eigenvalue weighted by atomic mass is 9.86. The Kier molecular flexibility index (Phi) is 6.16. The minimum atomic E-state index is -0.312. The van der Waals surface area contributed by atoms with Gasteiger partial charge in [0.15, 0.2) is 0 Å². The standard InChI is InChI=1S/C34H41N3O/c1-23-9-7-8-10-24(23)21-36-15-17-37(18-16-36)22-25-19-29-28-20-26(33(2,3)4)11-12-30(28)35-31(29)27-13-14-34(5,6)38-32(25)27/h7-14,19-20,35H,15-18,21-22H2,1-6H3. The Bertz CT molecular complexity index is 1530. The highest BCUT2D eigenvalue weighted by atomic mass is 16.5. The monoisotopic (exact) mass is 507 g/mol. The van der Waals surface area contributed by atoms with Crippen LogP contribution in [-0.2, 0) is 18.5 Å². The molecule has 6 rings (SSSR count). The molecule has 4 heteroatoms. The predicted molar refractivity (Wildman–Crippen MR) is 160 cm³/mol. The quantitative estimate of drug-likeness (QED) is 0.312. The van der Waals surface area contributed by atoms with Crippen molar-refractivity contribution in [2.45, 2.75) is 65.6 Å². The van der Waals surface area contributed by atoms with Crippen molar-refractivity contribution < 1.29 is 4.74 Å². The van der Waals surface area contributed by atoms with E-state index in [9.17, 15) is 0 Å².